The van der Waals surface area contributed by atoms with Crippen LogP contribution in [0.25, 0.3) is 11.4 Å². The third-order valence-electron chi connectivity index (χ3n) is 2.32. The third kappa shape index (κ3) is 2.53. The zero-order valence-electron chi connectivity index (χ0n) is 9.11. The standard InChI is InChI=1S/C12H10ClFN2O/c1-2-8-6-11(13)16-12(15-8)7-3-4-10(17)9(14)5-7/h3-6,17H,2H2,1H3. The summed E-state index contributed by atoms with van der Waals surface area (Å²) in [5.41, 5.74) is 1.27. The van der Waals surface area contributed by atoms with E-state index in [1.807, 2.05) is 6.92 Å². The summed E-state index contributed by atoms with van der Waals surface area (Å²) in [6.07, 6.45) is 0.718. The molecule has 0 fully saturated rings. The smallest absolute Gasteiger partial charge is 0.165 e. The summed E-state index contributed by atoms with van der Waals surface area (Å²) >= 11 is 5.86. The molecule has 1 heterocycles. The average molecular weight is 253 g/mol. The molecule has 0 bridgehead atoms. The van der Waals surface area contributed by atoms with E-state index in [-0.39, 0.29) is 0 Å². The minimum absolute atomic E-state index is 0.320. The first-order chi connectivity index (χ1) is 8.10. The fourth-order valence-corrected chi connectivity index (χ4v) is 1.63. The molecule has 1 aromatic heterocycles. The lowest BCUT2D eigenvalue weighted by Gasteiger charge is -2.04. The Labute approximate surface area is 103 Å². The van der Waals surface area contributed by atoms with Gasteiger partial charge in [0.25, 0.3) is 0 Å². The van der Waals surface area contributed by atoms with E-state index in [0.717, 1.165) is 12.1 Å². The second kappa shape index (κ2) is 4.67. The summed E-state index contributed by atoms with van der Waals surface area (Å²) in [6.45, 7) is 1.94. The Kier molecular flexibility index (Phi) is 3.24. The van der Waals surface area contributed by atoms with Crippen molar-refractivity contribution in [2.24, 2.45) is 0 Å². The van der Waals surface area contributed by atoms with Crippen molar-refractivity contribution < 1.29 is 9.50 Å². The molecule has 0 saturated heterocycles. The fourth-order valence-electron chi connectivity index (χ4n) is 1.42. The second-order valence-corrected chi connectivity index (χ2v) is 3.91. The average Bonchev–Trinajstić information content (AvgIpc) is 2.32. The Balaban J connectivity index is 2.52. The number of aromatic nitrogens is 2. The Morgan fingerprint density at radius 2 is 2.06 bits per heavy atom. The molecule has 1 aromatic carbocycles. The number of phenolic OH excluding ortho intramolecular Hbond substituents is 1. The van der Waals surface area contributed by atoms with Crippen LogP contribution in [0.1, 0.15) is 12.6 Å². The van der Waals surface area contributed by atoms with E-state index in [0.29, 0.717) is 16.5 Å². The van der Waals surface area contributed by atoms with Crippen LogP contribution in [0.15, 0.2) is 24.3 Å². The normalized spacial score (nSPS) is 10.5. The molecule has 2 aromatic rings. The van der Waals surface area contributed by atoms with Gasteiger partial charge < -0.3 is 5.11 Å². The van der Waals surface area contributed by atoms with Gasteiger partial charge in [-0.25, -0.2) is 14.4 Å². The number of hydrogen-bond donors (Lipinski definition) is 1. The Hall–Kier alpha value is -1.68. The maximum Gasteiger partial charge on any atom is 0.165 e. The van der Waals surface area contributed by atoms with E-state index in [1.165, 1.54) is 12.1 Å². The highest BCUT2D eigenvalue weighted by atomic mass is 35.5. The monoisotopic (exact) mass is 252 g/mol. The predicted octanol–water partition coefficient (Wildman–Crippen LogP) is 3.20. The van der Waals surface area contributed by atoms with Crippen molar-refractivity contribution in [1.29, 1.82) is 0 Å². The van der Waals surface area contributed by atoms with Gasteiger partial charge in [0.15, 0.2) is 17.4 Å². The van der Waals surface area contributed by atoms with Crippen LogP contribution in [-0.2, 0) is 6.42 Å². The molecule has 0 aliphatic carbocycles. The van der Waals surface area contributed by atoms with Crippen molar-refractivity contribution in [3.05, 3.63) is 40.9 Å². The number of benzene rings is 1. The minimum Gasteiger partial charge on any atom is -0.505 e. The highest BCUT2D eigenvalue weighted by Crippen LogP contribution is 2.23. The van der Waals surface area contributed by atoms with Gasteiger partial charge in [-0.1, -0.05) is 18.5 Å². The Bertz CT molecular complexity index is 560. The van der Waals surface area contributed by atoms with Crippen LogP contribution in [0, 0.1) is 5.82 Å². The van der Waals surface area contributed by atoms with Crippen LogP contribution in [-0.4, -0.2) is 15.1 Å². The van der Waals surface area contributed by atoms with E-state index >= 15 is 0 Å². The molecular weight excluding hydrogens is 243 g/mol. The lowest BCUT2D eigenvalue weighted by molar-refractivity contribution is 0.432. The zero-order valence-corrected chi connectivity index (χ0v) is 9.87. The van der Waals surface area contributed by atoms with Gasteiger partial charge in [-0.05, 0) is 30.7 Å². The first kappa shape index (κ1) is 11.8. The Morgan fingerprint density at radius 1 is 1.29 bits per heavy atom. The number of aryl methyl sites for hydroxylation is 1. The van der Waals surface area contributed by atoms with Gasteiger partial charge >= 0.3 is 0 Å². The summed E-state index contributed by atoms with van der Waals surface area (Å²) in [4.78, 5) is 8.28. The van der Waals surface area contributed by atoms with E-state index in [9.17, 15) is 4.39 Å². The first-order valence-electron chi connectivity index (χ1n) is 5.12. The molecule has 5 heteroatoms. The van der Waals surface area contributed by atoms with E-state index < -0.39 is 11.6 Å². The largest absolute Gasteiger partial charge is 0.505 e. The number of rotatable bonds is 2. The topological polar surface area (TPSA) is 46.0 Å². The molecule has 0 aliphatic rings. The number of halogens is 2. The predicted molar refractivity (Wildman–Crippen MR) is 63.5 cm³/mol. The van der Waals surface area contributed by atoms with Gasteiger partial charge in [-0.3, -0.25) is 0 Å². The van der Waals surface area contributed by atoms with Crippen molar-refractivity contribution in [3.8, 4) is 17.1 Å². The summed E-state index contributed by atoms with van der Waals surface area (Å²) in [7, 11) is 0. The van der Waals surface area contributed by atoms with Crippen LogP contribution < -0.4 is 0 Å². The van der Waals surface area contributed by atoms with Crippen LogP contribution >= 0.6 is 11.6 Å². The van der Waals surface area contributed by atoms with Crippen LogP contribution in [0.5, 0.6) is 5.75 Å². The number of nitrogens with zero attached hydrogens (tertiary/aromatic N) is 2. The minimum atomic E-state index is -0.705. The Morgan fingerprint density at radius 3 is 2.71 bits per heavy atom. The molecule has 0 radical (unpaired) electrons. The molecule has 1 N–H and O–H groups in total. The van der Waals surface area contributed by atoms with Crippen LogP contribution in [0.3, 0.4) is 0 Å². The molecule has 88 valence electrons. The molecule has 17 heavy (non-hydrogen) atoms. The summed E-state index contributed by atoms with van der Waals surface area (Å²) in [5, 5.41) is 9.42. The van der Waals surface area contributed by atoms with Crippen molar-refractivity contribution in [1.82, 2.24) is 9.97 Å². The first-order valence-corrected chi connectivity index (χ1v) is 5.50. The lowest BCUT2D eigenvalue weighted by Crippen LogP contribution is -1.95. The van der Waals surface area contributed by atoms with E-state index in [1.54, 1.807) is 12.1 Å². The molecule has 0 saturated carbocycles. The van der Waals surface area contributed by atoms with Gasteiger partial charge in [-0.2, -0.15) is 0 Å². The SMILES string of the molecule is CCc1cc(Cl)nc(-c2ccc(O)c(F)c2)n1. The number of phenols is 1. The van der Waals surface area contributed by atoms with Crippen molar-refractivity contribution in [2.45, 2.75) is 13.3 Å². The summed E-state index contributed by atoms with van der Waals surface area (Å²) < 4.78 is 13.2. The van der Waals surface area contributed by atoms with Crippen molar-refractivity contribution in [3.63, 3.8) is 0 Å². The molecular formula is C12H10ClFN2O. The van der Waals surface area contributed by atoms with E-state index in [2.05, 4.69) is 9.97 Å². The molecule has 0 atom stereocenters. The highest BCUT2D eigenvalue weighted by Gasteiger charge is 2.08. The van der Waals surface area contributed by atoms with Gasteiger partial charge in [0.2, 0.25) is 0 Å². The molecule has 0 spiro atoms. The lowest BCUT2D eigenvalue weighted by atomic mass is 10.2. The maximum absolute atomic E-state index is 13.2. The molecule has 3 nitrogen and oxygen atoms in total. The number of aromatic hydroxyl groups is 1. The summed E-state index contributed by atoms with van der Waals surface area (Å²) in [6, 6.07) is 5.66. The van der Waals surface area contributed by atoms with Gasteiger partial charge in [0, 0.05) is 11.3 Å². The number of hydrogen-bond acceptors (Lipinski definition) is 3. The maximum atomic E-state index is 13.2. The van der Waals surface area contributed by atoms with Gasteiger partial charge in [0.05, 0.1) is 0 Å². The second-order valence-electron chi connectivity index (χ2n) is 3.53. The molecule has 0 aliphatic heterocycles. The van der Waals surface area contributed by atoms with Crippen molar-refractivity contribution >= 4 is 11.6 Å². The van der Waals surface area contributed by atoms with Gasteiger partial charge in [0.1, 0.15) is 5.15 Å². The molecule has 2 rings (SSSR count). The summed E-state index contributed by atoms with van der Waals surface area (Å²) in [5.74, 6) is -0.746. The molecule has 0 unspecified atom stereocenters. The van der Waals surface area contributed by atoms with Crippen LogP contribution in [0.4, 0.5) is 4.39 Å². The van der Waals surface area contributed by atoms with Crippen molar-refractivity contribution in [2.75, 3.05) is 0 Å². The highest BCUT2D eigenvalue weighted by molar-refractivity contribution is 6.29. The van der Waals surface area contributed by atoms with Crippen LogP contribution in [0.2, 0.25) is 5.15 Å². The quantitative estimate of drug-likeness (QED) is 0.835. The molecule has 0 amide bonds. The fraction of sp³-hybridized carbons (Fsp3) is 0.167. The third-order valence-corrected chi connectivity index (χ3v) is 2.51. The zero-order chi connectivity index (χ0) is 12.4. The van der Waals surface area contributed by atoms with E-state index in [4.69, 9.17) is 16.7 Å². The van der Waals surface area contributed by atoms with Gasteiger partial charge in [-0.15, -0.1) is 0 Å².